The van der Waals surface area contributed by atoms with Crippen LogP contribution < -0.4 is 11.1 Å². The monoisotopic (exact) mass is 351 g/mol. The lowest BCUT2D eigenvalue weighted by Crippen LogP contribution is -2.32. The van der Waals surface area contributed by atoms with Crippen molar-refractivity contribution < 1.29 is 9.21 Å². The predicted octanol–water partition coefficient (Wildman–Crippen LogP) is 2.50. The molecule has 1 unspecified atom stereocenters. The lowest BCUT2D eigenvalue weighted by Gasteiger charge is -2.08. The van der Waals surface area contributed by atoms with Crippen LogP contribution in [-0.4, -0.2) is 24.0 Å². The molecule has 0 aliphatic carbocycles. The Labute approximate surface area is 140 Å². The lowest BCUT2D eigenvalue weighted by molar-refractivity contribution is -0.120. The van der Waals surface area contributed by atoms with Crippen LogP contribution >= 0.6 is 36.2 Å². The number of nitrogens with one attached hydrogen (secondary N) is 1. The van der Waals surface area contributed by atoms with E-state index in [4.69, 9.17) is 10.2 Å². The van der Waals surface area contributed by atoms with Crippen molar-refractivity contribution in [3.63, 3.8) is 0 Å². The quantitative estimate of drug-likeness (QED) is 0.837. The molecule has 0 bridgehead atoms. The van der Waals surface area contributed by atoms with E-state index in [9.17, 15) is 4.79 Å². The number of hydrogen-bond acceptors (Lipinski definition) is 5. The number of thiophene rings is 1. The molecule has 0 aliphatic rings. The molecule has 0 radical (unpaired) electrons. The van der Waals surface area contributed by atoms with Gasteiger partial charge in [0.2, 0.25) is 11.8 Å². The van der Waals surface area contributed by atoms with Crippen LogP contribution in [0.5, 0.6) is 0 Å². The van der Waals surface area contributed by atoms with E-state index in [1.165, 1.54) is 6.26 Å². The van der Waals surface area contributed by atoms with Crippen molar-refractivity contribution in [2.75, 3.05) is 13.1 Å². The van der Waals surface area contributed by atoms with Crippen LogP contribution in [0.2, 0.25) is 0 Å². The number of rotatable bonds is 6. The molecule has 2 aromatic rings. The maximum Gasteiger partial charge on any atom is 0.236 e. The first-order valence-corrected chi connectivity index (χ1v) is 7.02. The van der Waals surface area contributed by atoms with Crippen molar-refractivity contribution >= 4 is 42.1 Å². The summed E-state index contributed by atoms with van der Waals surface area (Å²) >= 11 is 1.55. The molecule has 21 heavy (non-hydrogen) atoms. The average Bonchev–Trinajstić information content (AvgIpc) is 3.06. The molecule has 1 atom stereocenters. The Balaban J connectivity index is 0.00000200. The Hall–Kier alpha value is -1.08. The molecule has 0 aliphatic heterocycles. The number of aromatic nitrogens is 1. The molecule has 0 saturated carbocycles. The fraction of sp³-hybridized carbons (Fsp3) is 0.385. The second-order valence-electron chi connectivity index (χ2n) is 4.44. The number of carbonyl (C=O) groups is 1. The summed E-state index contributed by atoms with van der Waals surface area (Å²) < 4.78 is 5.36. The fourth-order valence-electron chi connectivity index (χ4n) is 1.50. The van der Waals surface area contributed by atoms with Gasteiger partial charge in [-0.3, -0.25) is 4.79 Å². The molecule has 0 fully saturated rings. The molecule has 2 heterocycles. The number of hydrogen-bond donors (Lipinski definition) is 2. The molecule has 0 saturated heterocycles. The standard InChI is InChI=1S/C13H17N3O2S.2ClH/c1-9(6-14)7-15-12(17)5-10-8-18-13(16-10)11-3-2-4-19-11;;/h2-4,8-9H,5-7,14H2,1H3,(H,15,17);2*1H. The molecule has 3 N–H and O–H groups in total. The zero-order valence-electron chi connectivity index (χ0n) is 11.6. The highest BCUT2D eigenvalue weighted by molar-refractivity contribution is 7.13. The summed E-state index contributed by atoms with van der Waals surface area (Å²) in [5.74, 6) is 0.780. The average molecular weight is 352 g/mol. The van der Waals surface area contributed by atoms with Crippen molar-refractivity contribution in [2.45, 2.75) is 13.3 Å². The van der Waals surface area contributed by atoms with Crippen LogP contribution in [0.15, 0.2) is 28.2 Å². The molecule has 2 aromatic heterocycles. The third-order valence-electron chi connectivity index (χ3n) is 2.68. The first kappa shape index (κ1) is 19.9. The van der Waals surface area contributed by atoms with Gasteiger partial charge in [0.1, 0.15) is 6.26 Å². The van der Waals surface area contributed by atoms with Crippen LogP contribution in [0.1, 0.15) is 12.6 Å². The summed E-state index contributed by atoms with van der Waals surface area (Å²) in [6.07, 6.45) is 1.76. The largest absolute Gasteiger partial charge is 0.444 e. The molecular weight excluding hydrogens is 333 g/mol. The van der Waals surface area contributed by atoms with E-state index >= 15 is 0 Å². The summed E-state index contributed by atoms with van der Waals surface area (Å²) in [6.45, 7) is 3.14. The van der Waals surface area contributed by atoms with Gasteiger partial charge in [-0.15, -0.1) is 36.2 Å². The minimum Gasteiger partial charge on any atom is -0.444 e. The van der Waals surface area contributed by atoms with E-state index in [0.29, 0.717) is 24.7 Å². The summed E-state index contributed by atoms with van der Waals surface area (Å²) in [4.78, 5) is 17.0. The molecule has 0 spiro atoms. The fourth-order valence-corrected chi connectivity index (χ4v) is 2.16. The Kier molecular flexibility index (Phi) is 9.28. The van der Waals surface area contributed by atoms with E-state index in [1.54, 1.807) is 11.3 Å². The van der Waals surface area contributed by atoms with Crippen LogP contribution in [0, 0.1) is 5.92 Å². The minimum atomic E-state index is -0.0636. The molecule has 2 rings (SSSR count). The van der Waals surface area contributed by atoms with Crippen LogP contribution in [0.25, 0.3) is 10.8 Å². The summed E-state index contributed by atoms with van der Waals surface area (Å²) in [6, 6.07) is 3.87. The van der Waals surface area contributed by atoms with Gasteiger partial charge in [0.25, 0.3) is 0 Å². The maximum absolute atomic E-state index is 11.7. The van der Waals surface area contributed by atoms with Gasteiger partial charge in [-0.25, -0.2) is 4.98 Å². The maximum atomic E-state index is 11.7. The van der Waals surface area contributed by atoms with Crippen LogP contribution in [0.4, 0.5) is 0 Å². The molecule has 5 nitrogen and oxygen atoms in total. The highest BCUT2D eigenvalue weighted by Gasteiger charge is 2.11. The molecule has 0 aromatic carbocycles. The molecule has 8 heteroatoms. The molecule has 1 amide bonds. The van der Waals surface area contributed by atoms with E-state index in [2.05, 4.69) is 10.3 Å². The first-order valence-electron chi connectivity index (χ1n) is 6.14. The second-order valence-corrected chi connectivity index (χ2v) is 5.39. The summed E-state index contributed by atoms with van der Waals surface area (Å²) in [5.41, 5.74) is 6.13. The van der Waals surface area contributed by atoms with Crippen LogP contribution in [-0.2, 0) is 11.2 Å². The molecule has 118 valence electrons. The van der Waals surface area contributed by atoms with E-state index in [1.807, 2.05) is 24.4 Å². The number of amides is 1. The predicted molar refractivity (Wildman–Crippen MR) is 89.2 cm³/mol. The smallest absolute Gasteiger partial charge is 0.236 e. The SMILES string of the molecule is CC(CN)CNC(=O)Cc1coc(-c2cccs2)n1.Cl.Cl. The molecular formula is C13H19Cl2N3O2S. The number of nitrogens with zero attached hydrogens (tertiary/aromatic N) is 1. The minimum absolute atomic E-state index is 0. The normalized spacial score (nSPS) is 11.1. The van der Waals surface area contributed by atoms with Crippen molar-refractivity contribution in [1.82, 2.24) is 10.3 Å². The Morgan fingerprint density at radius 1 is 1.52 bits per heavy atom. The highest BCUT2D eigenvalue weighted by atomic mass is 35.5. The first-order chi connectivity index (χ1) is 9.19. The van der Waals surface area contributed by atoms with Gasteiger partial charge >= 0.3 is 0 Å². The second kappa shape index (κ2) is 9.78. The number of carbonyl (C=O) groups excluding carboxylic acids is 1. The Morgan fingerprint density at radius 3 is 2.90 bits per heavy atom. The van der Waals surface area contributed by atoms with Crippen molar-refractivity contribution in [1.29, 1.82) is 0 Å². The van der Waals surface area contributed by atoms with Gasteiger partial charge in [-0.2, -0.15) is 0 Å². The van der Waals surface area contributed by atoms with Gasteiger partial charge in [-0.05, 0) is 23.9 Å². The Bertz CT molecular complexity index is 531. The third-order valence-corrected chi connectivity index (χ3v) is 3.53. The van der Waals surface area contributed by atoms with E-state index in [-0.39, 0.29) is 43.1 Å². The van der Waals surface area contributed by atoms with Crippen molar-refractivity contribution in [3.05, 3.63) is 29.5 Å². The third kappa shape index (κ3) is 6.05. The van der Waals surface area contributed by atoms with Gasteiger partial charge < -0.3 is 15.5 Å². The zero-order valence-corrected chi connectivity index (χ0v) is 14.0. The zero-order chi connectivity index (χ0) is 13.7. The van der Waals surface area contributed by atoms with Gasteiger partial charge in [-0.1, -0.05) is 13.0 Å². The van der Waals surface area contributed by atoms with E-state index in [0.717, 1.165) is 4.88 Å². The number of oxazole rings is 1. The van der Waals surface area contributed by atoms with Crippen molar-refractivity contribution in [2.24, 2.45) is 11.7 Å². The summed E-state index contributed by atoms with van der Waals surface area (Å²) in [5, 5.41) is 4.79. The number of halogens is 2. The lowest BCUT2D eigenvalue weighted by atomic mass is 10.2. The number of nitrogens with two attached hydrogens (primary N) is 1. The Morgan fingerprint density at radius 2 is 2.29 bits per heavy atom. The van der Waals surface area contributed by atoms with Gasteiger partial charge in [0.15, 0.2) is 0 Å². The highest BCUT2D eigenvalue weighted by Crippen LogP contribution is 2.23. The van der Waals surface area contributed by atoms with Gasteiger partial charge in [0, 0.05) is 6.54 Å². The van der Waals surface area contributed by atoms with Gasteiger partial charge in [0.05, 0.1) is 17.0 Å². The van der Waals surface area contributed by atoms with Crippen LogP contribution in [0.3, 0.4) is 0 Å². The topological polar surface area (TPSA) is 81.1 Å². The van der Waals surface area contributed by atoms with Crippen molar-refractivity contribution in [3.8, 4) is 10.8 Å². The summed E-state index contributed by atoms with van der Waals surface area (Å²) in [7, 11) is 0. The van der Waals surface area contributed by atoms with E-state index < -0.39 is 0 Å².